The molecule has 0 spiro atoms. The van der Waals surface area contributed by atoms with Crippen molar-refractivity contribution in [2.24, 2.45) is 17.8 Å². The highest BCUT2D eigenvalue weighted by Crippen LogP contribution is 2.46. The molecule has 0 heterocycles. The van der Waals surface area contributed by atoms with E-state index in [1.165, 1.54) is 0 Å². The van der Waals surface area contributed by atoms with Gasteiger partial charge in [-0.1, -0.05) is 59.7 Å². The topological polar surface area (TPSA) is 43.4 Å². The maximum atomic E-state index is 13.1. The van der Waals surface area contributed by atoms with Crippen molar-refractivity contribution in [3.8, 4) is 0 Å². The number of hydrogen-bond acceptors (Lipinski definition) is 3. The Morgan fingerprint density at radius 3 is 1.96 bits per heavy atom. The SMILES string of the molecule is Cc1ccc(C(=O)O[C@@H]2[C@@H](C(=O)c3ccc(C)cc3)[C@H]3C=C[C@@H]2C3)cc1. The van der Waals surface area contributed by atoms with E-state index in [1.807, 2.05) is 50.2 Å². The Hall–Kier alpha value is -2.68. The molecular weight excluding hydrogens is 324 g/mol. The maximum absolute atomic E-state index is 13.1. The van der Waals surface area contributed by atoms with Crippen LogP contribution in [-0.2, 0) is 4.74 Å². The Balaban J connectivity index is 1.57. The first-order chi connectivity index (χ1) is 12.5. The second-order valence-corrected chi connectivity index (χ2v) is 7.44. The van der Waals surface area contributed by atoms with Gasteiger partial charge in [-0.3, -0.25) is 4.79 Å². The smallest absolute Gasteiger partial charge is 0.338 e. The van der Waals surface area contributed by atoms with Gasteiger partial charge in [-0.2, -0.15) is 0 Å². The maximum Gasteiger partial charge on any atom is 0.338 e. The summed E-state index contributed by atoms with van der Waals surface area (Å²) in [5.74, 6) is -0.276. The van der Waals surface area contributed by atoms with Crippen molar-refractivity contribution >= 4 is 11.8 Å². The summed E-state index contributed by atoms with van der Waals surface area (Å²) in [6.45, 7) is 3.98. The van der Waals surface area contributed by atoms with E-state index in [9.17, 15) is 9.59 Å². The normalized spacial score (nSPS) is 26.1. The number of ether oxygens (including phenoxy) is 1. The van der Waals surface area contributed by atoms with Crippen LogP contribution in [0, 0.1) is 31.6 Å². The van der Waals surface area contributed by atoms with Gasteiger partial charge in [0, 0.05) is 11.5 Å². The molecule has 0 N–H and O–H groups in total. The first-order valence-corrected chi connectivity index (χ1v) is 9.10. The number of Topliss-reactive ketones (excluding diaryl/α,β-unsaturated/α-hetero) is 1. The van der Waals surface area contributed by atoms with Crippen LogP contribution in [0.5, 0.6) is 0 Å². The number of esters is 1. The van der Waals surface area contributed by atoms with Crippen LogP contribution < -0.4 is 0 Å². The number of carbonyl (C=O) groups excluding carboxylic acids is 2. The molecule has 0 radical (unpaired) electrons. The lowest BCUT2D eigenvalue weighted by molar-refractivity contribution is 0.0114. The van der Waals surface area contributed by atoms with E-state index in [4.69, 9.17) is 4.74 Å². The van der Waals surface area contributed by atoms with Gasteiger partial charge in [-0.05, 0) is 38.3 Å². The molecule has 4 atom stereocenters. The molecule has 4 rings (SSSR count). The van der Waals surface area contributed by atoms with Gasteiger partial charge in [0.2, 0.25) is 0 Å². The predicted octanol–water partition coefficient (Wildman–Crippen LogP) is 4.53. The number of hydrogen-bond donors (Lipinski definition) is 0. The summed E-state index contributed by atoms with van der Waals surface area (Å²) >= 11 is 0. The van der Waals surface area contributed by atoms with Gasteiger partial charge in [0.1, 0.15) is 6.10 Å². The monoisotopic (exact) mass is 346 g/mol. The van der Waals surface area contributed by atoms with Crippen LogP contribution in [0.4, 0.5) is 0 Å². The van der Waals surface area contributed by atoms with E-state index >= 15 is 0 Å². The zero-order valence-corrected chi connectivity index (χ0v) is 15.0. The van der Waals surface area contributed by atoms with Gasteiger partial charge in [-0.15, -0.1) is 0 Å². The van der Waals surface area contributed by atoms with Crippen molar-refractivity contribution in [2.45, 2.75) is 26.4 Å². The first-order valence-electron chi connectivity index (χ1n) is 9.10. The number of rotatable bonds is 4. The lowest BCUT2D eigenvalue weighted by Crippen LogP contribution is -2.35. The van der Waals surface area contributed by atoms with Gasteiger partial charge in [0.05, 0.1) is 11.5 Å². The molecule has 132 valence electrons. The van der Waals surface area contributed by atoms with Crippen molar-refractivity contribution in [1.29, 1.82) is 0 Å². The minimum Gasteiger partial charge on any atom is -0.457 e. The van der Waals surface area contributed by atoms with Gasteiger partial charge in [0.25, 0.3) is 0 Å². The average molecular weight is 346 g/mol. The molecule has 26 heavy (non-hydrogen) atoms. The van der Waals surface area contributed by atoms with E-state index in [2.05, 4.69) is 12.2 Å². The minimum atomic E-state index is -0.382. The van der Waals surface area contributed by atoms with Crippen LogP contribution >= 0.6 is 0 Å². The average Bonchev–Trinajstić information content (AvgIpc) is 3.24. The largest absolute Gasteiger partial charge is 0.457 e. The summed E-state index contributed by atoms with van der Waals surface area (Å²) < 4.78 is 5.84. The lowest BCUT2D eigenvalue weighted by Gasteiger charge is -2.27. The number of benzene rings is 2. The number of carbonyl (C=O) groups is 2. The molecule has 3 nitrogen and oxygen atoms in total. The molecule has 0 aromatic heterocycles. The van der Waals surface area contributed by atoms with E-state index in [-0.39, 0.29) is 35.6 Å². The molecular formula is C23H22O3. The molecule has 2 aliphatic rings. The summed E-state index contributed by atoms with van der Waals surface area (Å²) in [7, 11) is 0. The van der Waals surface area contributed by atoms with Gasteiger partial charge < -0.3 is 4.74 Å². The highest BCUT2D eigenvalue weighted by molar-refractivity contribution is 5.99. The standard InChI is InChI=1S/C23H22O3/c1-14-3-7-16(8-4-14)21(24)20-18-11-12-19(13-18)22(20)26-23(25)17-9-5-15(2)6-10-17/h3-12,18-20,22H,13H2,1-2H3/t18-,19+,20+,22-/m0/s1. The fourth-order valence-corrected chi connectivity index (χ4v) is 4.07. The number of allylic oxidation sites excluding steroid dienone is 1. The van der Waals surface area contributed by atoms with Gasteiger partial charge >= 0.3 is 5.97 Å². The lowest BCUT2D eigenvalue weighted by atomic mass is 9.84. The summed E-state index contributed by atoms with van der Waals surface area (Å²) in [5, 5.41) is 0. The molecule has 1 saturated carbocycles. The third kappa shape index (κ3) is 2.98. The zero-order chi connectivity index (χ0) is 18.3. The zero-order valence-electron chi connectivity index (χ0n) is 15.0. The van der Waals surface area contributed by atoms with Crippen LogP contribution in [-0.4, -0.2) is 17.9 Å². The van der Waals surface area contributed by atoms with E-state index in [0.717, 1.165) is 17.5 Å². The Morgan fingerprint density at radius 1 is 0.808 bits per heavy atom. The molecule has 1 fully saturated rings. The third-order valence-corrected chi connectivity index (χ3v) is 5.56. The molecule has 0 unspecified atom stereocenters. The molecule has 2 aromatic rings. The Bertz CT molecular complexity index is 861. The van der Waals surface area contributed by atoms with Crippen molar-refractivity contribution in [3.05, 3.63) is 82.9 Å². The second-order valence-electron chi connectivity index (χ2n) is 7.44. The highest BCUT2D eigenvalue weighted by Gasteiger charge is 2.50. The summed E-state index contributed by atoms with van der Waals surface area (Å²) in [6.07, 6.45) is 4.70. The van der Waals surface area contributed by atoms with E-state index < -0.39 is 0 Å². The van der Waals surface area contributed by atoms with Crippen molar-refractivity contribution in [2.75, 3.05) is 0 Å². The molecule has 0 amide bonds. The van der Waals surface area contributed by atoms with Crippen LogP contribution in [0.2, 0.25) is 0 Å². The second kappa shape index (κ2) is 6.56. The minimum absolute atomic E-state index is 0.0727. The summed E-state index contributed by atoms with van der Waals surface area (Å²) in [4.78, 5) is 25.7. The summed E-state index contributed by atoms with van der Waals surface area (Å²) in [6, 6.07) is 15.0. The fourth-order valence-electron chi connectivity index (χ4n) is 4.07. The third-order valence-electron chi connectivity index (χ3n) is 5.56. The quantitative estimate of drug-likeness (QED) is 0.464. The summed E-state index contributed by atoms with van der Waals surface area (Å²) in [5.41, 5.74) is 3.44. The van der Waals surface area contributed by atoms with Crippen molar-refractivity contribution < 1.29 is 14.3 Å². The molecule has 2 bridgehead atoms. The van der Waals surface area contributed by atoms with Crippen LogP contribution in [0.25, 0.3) is 0 Å². The van der Waals surface area contributed by atoms with Crippen molar-refractivity contribution in [1.82, 2.24) is 0 Å². The Morgan fingerprint density at radius 2 is 1.35 bits per heavy atom. The number of ketones is 1. The first kappa shape index (κ1) is 16.8. The molecule has 0 saturated heterocycles. The van der Waals surface area contributed by atoms with Gasteiger partial charge in [0.15, 0.2) is 5.78 Å². The predicted molar refractivity (Wildman–Crippen MR) is 100 cm³/mol. The van der Waals surface area contributed by atoms with E-state index in [0.29, 0.717) is 11.1 Å². The highest BCUT2D eigenvalue weighted by atomic mass is 16.5. The fraction of sp³-hybridized carbons (Fsp3) is 0.304. The Labute approximate surface area is 153 Å². The van der Waals surface area contributed by atoms with Crippen molar-refractivity contribution in [3.63, 3.8) is 0 Å². The van der Waals surface area contributed by atoms with Crippen LogP contribution in [0.15, 0.2) is 60.7 Å². The van der Waals surface area contributed by atoms with Crippen LogP contribution in [0.1, 0.15) is 38.3 Å². The number of aryl methyl sites for hydroxylation is 2. The van der Waals surface area contributed by atoms with Crippen LogP contribution in [0.3, 0.4) is 0 Å². The molecule has 0 aliphatic heterocycles. The molecule has 2 aliphatic carbocycles. The van der Waals surface area contributed by atoms with E-state index in [1.54, 1.807) is 12.1 Å². The molecule has 2 aromatic carbocycles. The van der Waals surface area contributed by atoms with Gasteiger partial charge in [-0.25, -0.2) is 4.79 Å². The number of fused-ring (bicyclic) bond motifs is 2. The molecule has 3 heteroatoms. The Kier molecular flexibility index (Phi) is 4.23.